The monoisotopic (exact) mass is 329 g/mol. The van der Waals surface area contributed by atoms with Crippen LogP contribution >= 0.6 is 0 Å². The lowest BCUT2D eigenvalue weighted by molar-refractivity contribution is 0.0988. The minimum atomic E-state index is 0.161. The predicted molar refractivity (Wildman–Crippen MR) is 92.1 cm³/mol. The molecule has 0 atom stereocenters. The van der Waals surface area contributed by atoms with Crippen LogP contribution in [0.4, 0.5) is 0 Å². The highest BCUT2D eigenvalue weighted by Crippen LogP contribution is 2.40. The molecule has 2 heterocycles. The third-order valence-electron chi connectivity index (χ3n) is 4.40. The molecule has 1 aromatic heterocycles. The molecule has 0 fully saturated rings. The van der Waals surface area contributed by atoms with E-state index in [1.54, 1.807) is 14.2 Å². The Kier molecular flexibility index (Phi) is 4.90. The summed E-state index contributed by atoms with van der Waals surface area (Å²) in [7, 11) is 3.28. The normalized spacial score (nSPS) is 12.5. The van der Waals surface area contributed by atoms with Crippen molar-refractivity contribution >= 4 is 5.78 Å². The Balaban J connectivity index is 2.06. The Morgan fingerprint density at radius 3 is 2.75 bits per heavy atom. The molecule has 1 aromatic carbocycles. The maximum atomic E-state index is 12.3. The van der Waals surface area contributed by atoms with Gasteiger partial charge in [-0.15, -0.1) is 0 Å². The van der Waals surface area contributed by atoms with Gasteiger partial charge in [-0.3, -0.25) is 4.79 Å². The highest BCUT2D eigenvalue weighted by Gasteiger charge is 2.24. The zero-order valence-corrected chi connectivity index (χ0v) is 14.4. The van der Waals surface area contributed by atoms with Crippen molar-refractivity contribution in [1.29, 1.82) is 0 Å². The molecule has 0 unspecified atom stereocenters. The summed E-state index contributed by atoms with van der Waals surface area (Å²) in [4.78, 5) is 12.3. The summed E-state index contributed by atoms with van der Waals surface area (Å²) in [6.45, 7) is 3.72. The van der Waals surface area contributed by atoms with Crippen LogP contribution in [0.1, 0.15) is 29.3 Å². The van der Waals surface area contributed by atoms with Gasteiger partial charge in [-0.2, -0.15) is 0 Å². The van der Waals surface area contributed by atoms with Crippen molar-refractivity contribution < 1.29 is 19.0 Å². The topological polar surface area (TPSA) is 49.7 Å². The summed E-state index contributed by atoms with van der Waals surface area (Å²) in [5.41, 5.74) is 4.01. The number of fused-ring (bicyclic) bond motifs is 3. The number of hydrogen-bond donors (Lipinski definition) is 0. The summed E-state index contributed by atoms with van der Waals surface area (Å²) in [5, 5.41) is 0. The Hall–Kier alpha value is -2.27. The number of ketones is 1. The van der Waals surface area contributed by atoms with Gasteiger partial charge in [0.05, 0.1) is 19.4 Å². The lowest BCUT2D eigenvalue weighted by Crippen LogP contribution is -2.13. The van der Waals surface area contributed by atoms with Crippen LogP contribution in [0, 0.1) is 0 Å². The second-order valence-electron chi connectivity index (χ2n) is 5.80. The molecule has 5 heteroatoms. The van der Waals surface area contributed by atoms with Crippen molar-refractivity contribution in [3.8, 4) is 22.8 Å². The third kappa shape index (κ3) is 2.91. The van der Waals surface area contributed by atoms with E-state index in [-0.39, 0.29) is 5.78 Å². The molecule has 0 saturated heterocycles. The SMILES string of the molecule is CCC(=O)c1ccn2c1-c1cc(OCCOC)c(OC)cc1CC2. The van der Waals surface area contributed by atoms with Crippen molar-refractivity contribution in [1.82, 2.24) is 4.57 Å². The van der Waals surface area contributed by atoms with Gasteiger partial charge in [-0.1, -0.05) is 6.92 Å². The number of nitrogens with zero attached hydrogens (tertiary/aromatic N) is 1. The molecule has 3 rings (SSSR count). The molecule has 0 spiro atoms. The number of rotatable bonds is 7. The Bertz CT molecular complexity index is 748. The van der Waals surface area contributed by atoms with Gasteiger partial charge >= 0.3 is 0 Å². The zero-order valence-electron chi connectivity index (χ0n) is 14.4. The number of methoxy groups -OCH3 is 2. The van der Waals surface area contributed by atoms with E-state index in [0.717, 1.165) is 29.8 Å². The summed E-state index contributed by atoms with van der Waals surface area (Å²) >= 11 is 0. The standard InChI is InChI=1S/C19H23NO4/c1-4-16(21)14-6-8-20-7-5-13-11-17(23-3)18(24-10-9-22-2)12-15(13)19(14)20/h6,8,11-12H,4-5,7,9-10H2,1-3H3. The molecule has 0 aliphatic carbocycles. The number of aromatic nitrogens is 1. The first-order valence-electron chi connectivity index (χ1n) is 8.25. The average Bonchev–Trinajstić information content (AvgIpc) is 3.05. The molecular weight excluding hydrogens is 306 g/mol. The molecule has 1 aliphatic rings. The number of ether oxygens (including phenoxy) is 3. The molecule has 1 aliphatic heterocycles. The van der Waals surface area contributed by atoms with Crippen molar-refractivity contribution in [2.45, 2.75) is 26.3 Å². The second-order valence-corrected chi connectivity index (χ2v) is 5.80. The molecule has 0 amide bonds. The van der Waals surface area contributed by atoms with Gasteiger partial charge < -0.3 is 18.8 Å². The highest BCUT2D eigenvalue weighted by atomic mass is 16.5. The smallest absolute Gasteiger partial charge is 0.164 e. The minimum absolute atomic E-state index is 0.161. The molecule has 24 heavy (non-hydrogen) atoms. The largest absolute Gasteiger partial charge is 0.493 e. The Morgan fingerprint density at radius 1 is 1.21 bits per heavy atom. The summed E-state index contributed by atoms with van der Waals surface area (Å²) < 4.78 is 18.5. The molecule has 5 nitrogen and oxygen atoms in total. The van der Waals surface area contributed by atoms with Gasteiger partial charge in [0.2, 0.25) is 0 Å². The van der Waals surface area contributed by atoms with E-state index in [1.165, 1.54) is 5.56 Å². The average molecular weight is 329 g/mol. The van der Waals surface area contributed by atoms with Gasteiger partial charge in [-0.05, 0) is 30.2 Å². The van der Waals surface area contributed by atoms with Crippen LogP contribution in [0.25, 0.3) is 11.3 Å². The van der Waals surface area contributed by atoms with Crippen LogP contribution in [-0.4, -0.2) is 37.8 Å². The van der Waals surface area contributed by atoms with E-state index >= 15 is 0 Å². The van der Waals surface area contributed by atoms with Gasteiger partial charge in [0.25, 0.3) is 0 Å². The first-order chi connectivity index (χ1) is 11.7. The maximum Gasteiger partial charge on any atom is 0.164 e. The third-order valence-corrected chi connectivity index (χ3v) is 4.40. The predicted octanol–water partition coefficient (Wildman–Crippen LogP) is 3.34. The number of aryl methyl sites for hydroxylation is 2. The van der Waals surface area contributed by atoms with Crippen LogP contribution in [0.15, 0.2) is 24.4 Å². The van der Waals surface area contributed by atoms with Gasteiger partial charge in [0, 0.05) is 37.4 Å². The van der Waals surface area contributed by atoms with E-state index in [2.05, 4.69) is 4.57 Å². The molecule has 0 saturated carbocycles. The zero-order chi connectivity index (χ0) is 17.1. The fourth-order valence-electron chi connectivity index (χ4n) is 3.15. The summed E-state index contributed by atoms with van der Waals surface area (Å²) in [6.07, 6.45) is 3.40. The number of carbonyl (C=O) groups is 1. The van der Waals surface area contributed by atoms with Gasteiger partial charge in [0.15, 0.2) is 17.3 Å². The number of Topliss-reactive ketones (excluding diaryl/α,β-unsaturated/α-hetero) is 1. The lowest BCUT2D eigenvalue weighted by atomic mass is 9.94. The summed E-state index contributed by atoms with van der Waals surface area (Å²) in [5.74, 6) is 1.56. The molecule has 2 aromatic rings. The minimum Gasteiger partial charge on any atom is -0.493 e. The van der Waals surface area contributed by atoms with E-state index in [1.807, 2.05) is 31.3 Å². The van der Waals surface area contributed by atoms with Crippen LogP contribution in [0.5, 0.6) is 11.5 Å². The summed E-state index contributed by atoms with van der Waals surface area (Å²) in [6, 6.07) is 5.93. The number of hydrogen-bond acceptors (Lipinski definition) is 4. The van der Waals surface area contributed by atoms with Crippen molar-refractivity contribution in [3.63, 3.8) is 0 Å². The van der Waals surface area contributed by atoms with Crippen molar-refractivity contribution in [2.24, 2.45) is 0 Å². The van der Waals surface area contributed by atoms with Crippen LogP contribution in [-0.2, 0) is 17.7 Å². The van der Waals surface area contributed by atoms with Gasteiger partial charge in [-0.25, -0.2) is 0 Å². The number of benzene rings is 1. The second kappa shape index (κ2) is 7.09. The molecular formula is C19H23NO4. The fourth-order valence-corrected chi connectivity index (χ4v) is 3.15. The Labute approximate surface area is 142 Å². The van der Waals surface area contributed by atoms with E-state index in [0.29, 0.717) is 31.1 Å². The van der Waals surface area contributed by atoms with E-state index in [9.17, 15) is 4.79 Å². The maximum absolute atomic E-state index is 12.3. The first-order valence-corrected chi connectivity index (χ1v) is 8.25. The van der Waals surface area contributed by atoms with Crippen LogP contribution < -0.4 is 9.47 Å². The van der Waals surface area contributed by atoms with E-state index < -0.39 is 0 Å². The molecule has 0 radical (unpaired) electrons. The molecule has 0 N–H and O–H groups in total. The van der Waals surface area contributed by atoms with Crippen molar-refractivity contribution in [3.05, 3.63) is 35.5 Å². The molecule has 0 bridgehead atoms. The fraction of sp³-hybridized carbons (Fsp3) is 0.421. The highest BCUT2D eigenvalue weighted by molar-refractivity contribution is 6.02. The van der Waals surface area contributed by atoms with E-state index in [4.69, 9.17) is 14.2 Å². The first kappa shape index (κ1) is 16.6. The van der Waals surface area contributed by atoms with Crippen molar-refractivity contribution in [2.75, 3.05) is 27.4 Å². The number of carbonyl (C=O) groups excluding carboxylic acids is 1. The van der Waals surface area contributed by atoms with Crippen LogP contribution in [0.2, 0.25) is 0 Å². The van der Waals surface area contributed by atoms with Gasteiger partial charge in [0.1, 0.15) is 6.61 Å². The van der Waals surface area contributed by atoms with Crippen LogP contribution in [0.3, 0.4) is 0 Å². The lowest BCUT2D eigenvalue weighted by Gasteiger charge is -2.23. The quantitative estimate of drug-likeness (QED) is 0.577. The Morgan fingerprint density at radius 2 is 2.04 bits per heavy atom. The molecule has 128 valence electrons.